The summed E-state index contributed by atoms with van der Waals surface area (Å²) in [5, 5.41) is 22.2. The number of amides is 2. The standard InChI is InChI=1S/C21H26N2O9S/c1-3-9-32-13-6-4-12(5-7-13)17-15-16(21(22-17,20(28)29)11-14(24)25)19(27)23(18(15)26)8-10-33(2,30)31/h4-7,15-17,22H,3,8-11H2,1-2H3,(H,24,25)(H,28,29). The molecule has 3 N–H and O–H groups in total. The lowest BCUT2D eigenvalue weighted by atomic mass is 9.77. The number of carbonyl (C=O) groups excluding carboxylic acids is 2. The zero-order valence-electron chi connectivity index (χ0n) is 18.2. The van der Waals surface area contributed by atoms with Crippen molar-refractivity contribution >= 4 is 33.6 Å². The molecule has 33 heavy (non-hydrogen) atoms. The van der Waals surface area contributed by atoms with E-state index in [1.807, 2.05) is 6.92 Å². The smallest absolute Gasteiger partial charge is 0.325 e. The first kappa shape index (κ1) is 24.6. The molecule has 2 aliphatic heterocycles. The van der Waals surface area contributed by atoms with E-state index in [2.05, 4.69) is 5.32 Å². The van der Waals surface area contributed by atoms with Crippen molar-refractivity contribution < 1.29 is 42.5 Å². The van der Waals surface area contributed by atoms with Gasteiger partial charge in [-0.2, -0.15) is 0 Å². The third kappa shape index (κ3) is 4.71. The minimum absolute atomic E-state index is 0.428. The van der Waals surface area contributed by atoms with Crippen LogP contribution in [0.4, 0.5) is 0 Å². The topological polar surface area (TPSA) is 167 Å². The van der Waals surface area contributed by atoms with E-state index in [4.69, 9.17) is 4.74 Å². The van der Waals surface area contributed by atoms with E-state index in [-0.39, 0.29) is 0 Å². The Labute approximate surface area is 190 Å². The quantitative estimate of drug-likeness (QED) is 0.388. The highest BCUT2D eigenvalue weighted by Crippen LogP contribution is 2.50. The first-order valence-corrected chi connectivity index (χ1v) is 12.5. The average Bonchev–Trinajstić information content (AvgIpc) is 3.19. The monoisotopic (exact) mass is 482 g/mol. The number of hydrogen-bond acceptors (Lipinski definition) is 8. The van der Waals surface area contributed by atoms with Gasteiger partial charge < -0.3 is 14.9 Å². The Kier molecular flexibility index (Phi) is 6.80. The Balaban J connectivity index is 2.03. The van der Waals surface area contributed by atoms with E-state index in [9.17, 15) is 37.8 Å². The Morgan fingerprint density at radius 2 is 1.79 bits per heavy atom. The molecule has 0 saturated carbocycles. The van der Waals surface area contributed by atoms with Crippen LogP contribution in [0.5, 0.6) is 5.75 Å². The number of imide groups is 1. The molecule has 0 aromatic heterocycles. The van der Waals surface area contributed by atoms with Crippen molar-refractivity contribution in [1.82, 2.24) is 10.2 Å². The van der Waals surface area contributed by atoms with Crippen LogP contribution in [0.25, 0.3) is 0 Å². The third-order valence-electron chi connectivity index (χ3n) is 5.95. The van der Waals surface area contributed by atoms with Crippen molar-refractivity contribution in [3.8, 4) is 5.75 Å². The Bertz CT molecular complexity index is 1070. The maximum atomic E-state index is 13.2. The van der Waals surface area contributed by atoms with E-state index in [0.717, 1.165) is 17.6 Å². The first-order valence-electron chi connectivity index (χ1n) is 10.4. The molecule has 12 heteroatoms. The molecule has 2 saturated heterocycles. The second kappa shape index (κ2) is 9.10. The molecule has 0 spiro atoms. The summed E-state index contributed by atoms with van der Waals surface area (Å²) in [7, 11) is -3.51. The number of rotatable bonds is 10. The van der Waals surface area contributed by atoms with Crippen molar-refractivity contribution in [2.45, 2.75) is 31.3 Å². The van der Waals surface area contributed by atoms with E-state index in [1.54, 1.807) is 24.3 Å². The summed E-state index contributed by atoms with van der Waals surface area (Å²) < 4.78 is 28.7. The molecule has 3 rings (SSSR count). The molecule has 1 aromatic rings. The molecule has 2 fully saturated rings. The predicted octanol–water partition coefficient (Wildman–Crippen LogP) is 0.0636. The maximum Gasteiger partial charge on any atom is 0.325 e. The number of carboxylic acid groups (broad SMARTS) is 2. The lowest BCUT2D eigenvalue weighted by molar-refractivity contribution is -0.155. The Morgan fingerprint density at radius 3 is 2.30 bits per heavy atom. The van der Waals surface area contributed by atoms with Crippen molar-refractivity contribution in [2.24, 2.45) is 11.8 Å². The highest BCUT2D eigenvalue weighted by atomic mass is 32.2. The van der Waals surface area contributed by atoms with Crippen molar-refractivity contribution in [3.05, 3.63) is 29.8 Å². The number of ether oxygens (including phenoxy) is 1. The summed E-state index contributed by atoms with van der Waals surface area (Å²) in [6.45, 7) is 2.01. The zero-order valence-corrected chi connectivity index (χ0v) is 19.0. The van der Waals surface area contributed by atoms with Gasteiger partial charge in [0.05, 0.1) is 30.6 Å². The molecule has 1 aromatic carbocycles. The van der Waals surface area contributed by atoms with Gasteiger partial charge in [0.25, 0.3) is 0 Å². The van der Waals surface area contributed by atoms with Gasteiger partial charge in [0.2, 0.25) is 11.8 Å². The van der Waals surface area contributed by atoms with Gasteiger partial charge in [0.1, 0.15) is 21.1 Å². The summed E-state index contributed by atoms with van der Waals surface area (Å²) in [6, 6.07) is 5.56. The summed E-state index contributed by atoms with van der Waals surface area (Å²) in [5.41, 5.74) is -1.75. The van der Waals surface area contributed by atoms with E-state index < -0.39 is 75.7 Å². The highest BCUT2D eigenvalue weighted by Gasteiger charge is 2.69. The van der Waals surface area contributed by atoms with Gasteiger partial charge in [0, 0.05) is 18.8 Å². The van der Waals surface area contributed by atoms with E-state index in [0.29, 0.717) is 17.9 Å². The van der Waals surface area contributed by atoms with Crippen LogP contribution in [-0.4, -0.2) is 78.0 Å². The number of aliphatic carboxylic acids is 2. The van der Waals surface area contributed by atoms with Gasteiger partial charge >= 0.3 is 11.9 Å². The molecule has 0 radical (unpaired) electrons. The second-order valence-electron chi connectivity index (χ2n) is 8.35. The number of sulfone groups is 1. The fraction of sp³-hybridized carbons (Fsp3) is 0.524. The maximum absolute atomic E-state index is 13.2. The number of nitrogens with one attached hydrogen (secondary N) is 1. The summed E-state index contributed by atoms with van der Waals surface area (Å²) in [5.74, 6) is -7.27. The fourth-order valence-corrected chi connectivity index (χ4v) is 5.01. The molecule has 2 amide bonds. The normalized spacial score (nSPS) is 27.0. The second-order valence-corrected chi connectivity index (χ2v) is 10.6. The van der Waals surface area contributed by atoms with Crippen LogP contribution in [0.3, 0.4) is 0 Å². The molecule has 4 unspecified atom stereocenters. The molecule has 4 atom stereocenters. The minimum Gasteiger partial charge on any atom is -0.494 e. The largest absolute Gasteiger partial charge is 0.494 e. The molecule has 0 aliphatic carbocycles. The number of fused-ring (bicyclic) bond motifs is 1. The molecule has 180 valence electrons. The number of benzene rings is 1. The Hall–Kier alpha value is -2.99. The summed E-state index contributed by atoms with van der Waals surface area (Å²) in [6.07, 6.45) is 0.819. The van der Waals surface area contributed by atoms with Gasteiger partial charge in [-0.15, -0.1) is 0 Å². The molecule has 0 bridgehead atoms. The van der Waals surface area contributed by atoms with Crippen LogP contribution >= 0.6 is 0 Å². The van der Waals surface area contributed by atoms with Crippen LogP contribution in [0.2, 0.25) is 0 Å². The third-order valence-corrected chi connectivity index (χ3v) is 6.88. The fourth-order valence-electron chi connectivity index (χ4n) is 4.49. The van der Waals surface area contributed by atoms with Crippen LogP contribution in [0, 0.1) is 11.8 Å². The zero-order chi connectivity index (χ0) is 24.6. The van der Waals surface area contributed by atoms with Crippen LogP contribution in [-0.2, 0) is 29.0 Å². The lowest BCUT2D eigenvalue weighted by Crippen LogP contribution is -2.57. The predicted molar refractivity (Wildman–Crippen MR) is 114 cm³/mol. The molecular weight excluding hydrogens is 456 g/mol. The van der Waals surface area contributed by atoms with Crippen LogP contribution < -0.4 is 10.1 Å². The van der Waals surface area contributed by atoms with E-state index in [1.165, 1.54) is 0 Å². The number of hydrogen-bond donors (Lipinski definition) is 3. The molecular formula is C21H26N2O9S. The van der Waals surface area contributed by atoms with Gasteiger partial charge in [-0.3, -0.25) is 29.4 Å². The lowest BCUT2D eigenvalue weighted by Gasteiger charge is -2.29. The van der Waals surface area contributed by atoms with Gasteiger partial charge in [-0.1, -0.05) is 19.1 Å². The Morgan fingerprint density at radius 1 is 1.15 bits per heavy atom. The van der Waals surface area contributed by atoms with Gasteiger partial charge in [0.15, 0.2) is 0 Å². The summed E-state index contributed by atoms with van der Waals surface area (Å²) >= 11 is 0. The SMILES string of the molecule is CCCOc1ccc(C2NC(CC(=O)O)(C(=O)O)C3C(=O)N(CCS(C)(=O)=O)C(=O)C23)cc1. The number of likely N-dealkylation sites (tertiary alicyclic amines) is 1. The molecule has 2 heterocycles. The molecule has 2 aliphatic rings. The minimum atomic E-state index is -3.51. The van der Waals surface area contributed by atoms with Crippen molar-refractivity contribution in [2.75, 3.05) is 25.2 Å². The number of carbonyl (C=O) groups is 4. The summed E-state index contributed by atoms with van der Waals surface area (Å²) in [4.78, 5) is 51.0. The van der Waals surface area contributed by atoms with Crippen LogP contribution in [0.15, 0.2) is 24.3 Å². The van der Waals surface area contributed by atoms with Gasteiger partial charge in [-0.25, -0.2) is 8.42 Å². The molecule has 11 nitrogen and oxygen atoms in total. The first-order chi connectivity index (χ1) is 15.4. The van der Waals surface area contributed by atoms with Gasteiger partial charge in [-0.05, 0) is 24.1 Å². The van der Waals surface area contributed by atoms with Crippen molar-refractivity contribution in [3.63, 3.8) is 0 Å². The van der Waals surface area contributed by atoms with E-state index >= 15 is 0 Å². The highest BCUT2D eigenvalue weighted by molar-refractivity contribution is 7.90. The average molecular weight is 483 g/mol. The number of carboxylic acids is 2. The number of nitrogens with zero attached hydrogens (tertiary/aromatic N) is 1. The van der Waals surface area contributed by atoms with Crippen LogP contribution in [0.1, 0.15) is 31.4 Å². The van der Waals surface area contributed by atoms with Crippen molar-refractivity contribution in [1.29, 1.82) is 0 Å².